The van der Waals surface area contributed by atoms with Crippen LogP contribution in [-0.4, -0.2) is 93.6 Å². The molecule has 5 atom stereocenters. The molecule has 16 nitrogen and oxygen atoms in total. The summed E-state index contributed by atoms with van der Waals surface area (Å²) in [5.41, 5.74) is 10.6. The molecule has 38 heavy (non-hydrogen) atoms. The van der Waals surface area contributed by atoms with Gasteiger partial charge in [-0.1, -0.05) is 13.8 Å². The van der Waals surface area contributed by atoms with Crippen molar-refractivity contribution >= 4 is 41.5 Å². The molecule has 0 saturated heterocycles. The van der Waals surface area contributed by atoms with Crippen LogP contribution in [0.2, 0.25) is 0 Å². The van der Waals surface area contributed by atoms with Crippen LogP contribution in [0, 0.1) is 5.92 Å². The van der Waals surface area contributed by atoms with Gasteiger partial charge < -0.3 is 48.1 Å². The number of carboxylic acid groups (broad SMARTS) is 2. The lowest BCUT2D eigenvalue weighted by molar-refractivity contribution is -0.145. The van der Waals surface area contributed by atoms with Gasteiger partial charge in [-0.15, -0.1) is 0 Å². The Morgan fingerprint density at radius 1 is 0.789 bits per heavy atom. The molecule has 0 aliphatic heterocycles. The maximum atomic E-state index is 13.0. The van der Waals surface area contributed by atoms with Gasteiger partial charge in [-0.3, -0.25) is 28.8 Å². The first kappa shape index (κ1) is 34.2. The molecular formula is C22H38N6O10. The number of carboxylic acids is 2. The van der Waals surface area contributed by atoms with Gasteiger partial charge in [0.1, 0.15) is 12.1 Å². The average molecular weight is 547 g/mol. The zero-order chi connectivity index (χ0) is 29.6. The lowest BCUT2D eigenvalue weighted by atomic mass is 10.0. The Labute approximate surface area is 219 Å². The van der Waals surface area contributed by atoms with Gasteiger partial charge in [0.05, 0.1) is 18.7 Å². The monoisotopic (exact) mass is 546 g/mol. The SMILES string of the molecule is CC(C)C[C@H](NC(=O)CNC(=O)[C@@H](N)CCC(N)=O)C(=O)N[C@@H](CCC(=O)O)C(=O)N[C@H](C(=O)O)[C@@H](C)O. The van der Waals surface area contributed by atoms with E-state index in [0.717, 1.165) is 6.92 Å². The summed E-state index contributed by atoms with van der Waals surface area (Å²) < 4.78 is 0. The molecule has 0 aromatic heterocycles. The number of carbonyl (C=O) groups excluding carboxylic acids is 5. The predicted molar refractivity (Wildman–Crippen MR) is 131 cm³/mol. The summed E-state index contributed by atoms with van der Waals surface area (Å²) in [7, 11) is 0. The number of nitrogens with one attached hydrogen (secondary N) is 4. The van der Waals surface area contributed by atoms with Crippen LogP contribution >= 0.6 is 0 Å². The van der Waals surface area contributed by atoms with Gasteiger partial charge in [0.2, 0.25) is 29.5 Å². The summed E-state index contributed by atoms with van der Waals surface area (Å²) in [6, 6.07) is -5.49. The van der Waals surface area contributed by atoms with Gasteiger partial charge in [0.25, 0.3) is 0 Å². The molecule has 0 aliphatic carbocycles. The summed E-state index contributed by atoms with van der Waals surface area (Å²) >= 11 is 0. The van der Waals surface area contributed by atoms with E-state index in [1.807, 2.05) is 0 Å². The molecule has 5 amide bonds. The number of nitrogens with two attached hydrogens (primary N) is 2. The van der Waals surface area contributed by atoms with Crippen molar-refractivity contribution < 1.29 is 48.9 Å². The van der Waals surface area contributed by atoms with E-state index in [0.29, 0.717) is 0 Å². The van der Waals surface area contributed by atoms with E-state index in [2.05, 4.69) is 21.3 Å². The second-order valence-corrected chi connectivity index (χ2v) is 9.14. The maximum Gasteiger partial charge on any atom is 0.328 e. The van der Waals surface area contributed by atoms with Crippen LogP contribution < -0.4 is 32.7 Å². The highest BCUT2D eigenvalue weighted by Gasteiger charge is 2.32. The van der Waals surface area contributed by atoms with Crippen molar-refractivity contribution in [3.05, 3.63) is 0 Å². The van der Waals surface area contributed by atoms with E-state index in [1.54, 1.807) is 13.8 Å². The normalized spacial score (nSPS) is 14.8. The standard InChI is InChI=1S/C22H38N6O10/c1-10(2)8-14(26-16(31)9-25-19(34)12(23)4-6-15(24)30)21(36)27-13(5-7-17(32)33)20(35)28-18(11(3)29)22(37)38/h10-14,18,29H,4-9,23H2,1-3H3,(H2,24,30)(H,25,34)(H,26,31)(H,27,36)(H,28,35)(H,32,33)(H,37,38)/t11-,12+,13+,14+,18+/m1/s1. The van der Waals surface area contributed by atoms with Crippen molar-refractivity contribution in [1.29, 1.82) is 0 Å². The average Bonchev–Trinajstić information content (AvgIpc) is 2.80. The maximum absolute atomic E-state index is 13.0. The third-order valence-corrected chi connectivity index (χ3v) is 5.15. The van der Waals surface area contributed by atoms with Gasteiger partial charge >= 0.3 is 11.9 Å². The third-order valence-electron chi connectivity index (χ3n) is 5.15. The number of amides is 5. The van der Waals surface area contributed by atoms with Gasteiger partial charge in [-0.25, -0.2) is 4.79 Å². The fourth-order valence-corrected chi connectivity index (χ4v) is 3.13. The highest BCUT2D eigenvalue weighted by Crippen LogP contribution is 2.08. The zero-order valence-corrected chi connectivity index (χ0v) is 21.6. The number of hydrogen-bond acceptors (Lipinski definition) is 9. The number of aliphatic hydroxyl groups is 1. The van der Waals surface area contributed by atoms with Crippen LogP contribution in [0.1, 0.15) is 52.9 Å². The molecule has 0 spiro atoms. The number of carbonyl (C=O) groups is 7. The van der Waals surface area contributed by atoms with Crippen molar-refractivity contribution in [3.63, 3.8) is 0 Å². The molecule has 216 valence electrons. The Bertz CT molecular complexity index is 879. The van der Waals surface area contributed by atoms with E-state index in [-0.39, 0.29) is 25.2 Å². The third kappa shape index (κ3) is 14.1. The molecule has 0 aliphatic rings. The zero-order valence-electron chi connectivity index (χ0n) is 21.6. The summed E-state index contributed by atoms with van der Waals surface area (Å²) in [5, 5.41) is 36.8. The molecule has 0 unspecified atom stereocenters. The lowest BCUT2D eigenvalue weighted by Gasteiger charge is -2.25. The van der Waals surface area contributed by atoms with E-state index in [1.165, 1.54) is 0 Å². The van der Waals surface area contributed by atoms with Crippen LogP contribution in [0.15, 0.2) is 0 Å². The minimum atomic E-state index is -1.71. The number of aliphatic hydroxyl groups excluding tert-OH is 1. The van der Waals surface area contributed by atoms with Gasteiger partial charge in [0, 0.05) is 12.8 Å². The predicted octanol–water partition coefficient (Wildman–Crippen LogP) is -3.47. The minimum Gasteiger partial charge on any atom is -0.481 e. The molecule has 0 heterocycles. The first-order valence-electron chi connectivity index (χ1n) is 11.9. The minimum absolute atomic E-state index is 0.0290. The Morgan fingerprint density at radius 2 is 1.37 bits per heavy atom. The molecule has 0 fully saturated rings. The quantitative estimate of drug-likeness (QED) is 0.0813. The second kappa shape index (κ2) is 16.9. The largest absolute Gasteiger partial charge is 0.481 e. The molecule has 0 aromatic carbocycles. The van der Waals surface area contributed by atoms with E-state index in [9.17, 15) is 43.8 Å². The van der Waals surface area contributed by atoms with Gasteiger partial charge in [-0.05, 0) is 32.1 Å². The fraction of sp³-hybridized carbons (Fsp3) is 0.682. The Hall–Kier alpha value is -3.79. The number of primary amides is 1. The molecule has 0 rings (SSSR count). The van der Waals surface area contributed by atoms with Crippen LogP contribution in [-0.2, 0) is 33.6 Å². The Balaban J connectivity index is 5.40. The highest BCUT2D eigenvalue weighted by atomic mass is 16.4. The van der Waals surface area contributed by atoms with Crippen molar-refractivity contribution in [2.45, 2.75) is 83.1 Å². The fourth-order valence-electron chi connectivity index (χ4n) is 3.13. The Morgan fingerprint density at radius 3 is 1.84 bits per heavy atom. The smallest absolute Gasteiger partial charge is 0.328 e. The van der Waals surface area contributed by atoms with Crippen LogP contribution in [0.4, 0.5) is 0 Å². The molecule has 0 saturated carbocycles. The van der Waals surface area contributed by atoms with Crippen molar-refractivity contribution in [1.82, 2.24) is 21.3 Å². The van der Waals surface area contributed by atoms with E-state index >= 15 is 0 Å². The number of rotatable bonds is 18. The molecule has 11 N–H and O–H groups in total. The molecule has 0 radical (unpaired) electrons. The second-order valence-electron chi connectivity index (χ2n) is 9.14. The first-order valence-corrected chi connectivity index (χ1v) is 11.9. The number of hydrogen-bond donors (Lipinski definition) is 9. The number of aliphatic carboxylic acids is 2. The first-order chi connectivity index (χ1) is 17.5. The van der Waals surface area contributed by atoms with Crippen molar-refractivity contribution in [2.75, 3.05) is 6.54 Å². The van der Waals surface area contributed by atoms with Crippen LogP contribution in [0.25, 0.3) is 0 Å². The molecule has 16 heteroatoms. The highest BCUT2D eigenvalue weighted by molar-refractivity contribution is 5.94. The van der Waals surface area contributed by atoms with Gasteiger partial charge in [-0.2, -0.15) is 0 Å². The Kier molecular flexibility index (Phi) is 15.2. The van der Waals surface area contributed by atoms with Crippen LogP contribution in [0.3, 0.4) is 0 Å². The topological polar surface area (TPSA) is 280 Å². The summed E-state index contributed by atoms with van der Waals surface area (Å²) in [4.78, 5) is 83.1. The van der Waals surface area contributed by atoms with Crippen molar-refractivity contribution in [3.8, 4) is 0 Å². The van der Waals surface area contributed by atoms with Crippen LogP contribution in [0.5, 0.6) is 0 Å². The van der Waals surface area contributed by atoms with E-state index in [4.69, 9.17) is 16.6 Å². The molecular weight excluding hydrogens is 508 g/mol. The summed E-state index contributed by atoms with van der Waals surface area (Å²) in [6.07, 6.45) is -2.49. The molecule has 0 bridgehead atoms. The molecule has 0 aromatic rings. The summed E-state index contributed by atoms with van der Waals surface area (Å²) in [6.45, 7) is 4.07. The lowest BCUT2D eigenvalue weighted by Crippen LogP contribution is -2.58. The van der Waals surface area contributed by atoms with E-state index < -0.39 is 91.1 Å². The van der Waals surface area contributed by atoms with Crippen molar-refractivity contribution in [2.24, 2.45) is 17.4 Å². The van der Waals surface area contributed by atoms with Gasteiger partial charge in [0.15, 0.2) is 6.04 Å². The summed E-state index contributed by atoms with van der Waals surface area (Å²) in [5.74, 6) is -6.98.